The Labute approximate surface area is 131 Å². The van der Waals surface area contributed by atoms with E-state index < -0.39 is 0 Å². The van der Waals surface area contributed by atoms with E-state index in [1.54, 1.807) is 6.20 Å². The third kappa shape index (κ3) is 2.64. The molecule has 20 heavy (non-hydrogen) atoms. The Bertz CT molecular complexity index is 739. The normalized spacial score (nSPS) is 10.3. The minimum atomic E-state index is 0. The molecule has 3 rings (SSSR count). The van der Waals surface area contributed by atoms with Crippen LogP contribution < -0.4 is 4.90 Å². The van der Waals surface area contributed by atoms with Crippen molar-refractivity contribution in [2.75, 3.05) is 19.0 Å². The molecule has 0 atom stereocenters. The van der Waals surface area contributed by atoms with Crippen molar-refractivity contribution in [3.63, 3.8) is 0 Å². The van der Waals surface area contributed by atoms with Gasteiger partial charge in [-0.05, 0) is 24.3 Å². The van der Waals surface area contributed by atoms with E-state index in [4.69, 9.17) is 0 Å². The highest BCUT2D eigenvalue weighted by atomic mass is 79.9. The van der Waals surface area contributed by atoms with Crippen molar-refractivity contribution in [2.24, 2.45) is 0 Å². The number of hydrogen-bond acceptors (Lipinski definition) is 3. The Kier molecular flexibility index (Phi) is 4.30. The molecule has 0 saturated carbocycles. The van der Waals surface area contributed by atoms with Gasteiger partial charge in [0.15, 0.2) is 0 Å². The van der Waals surface area contributed by atoms with E-state index in [0.717, 1.165) is 26.6 Å². The Morgan fingerprint density at radius 2 is 2.00 bits per heavy atom. The summed E-state index contributed by atoms with van der Waals surface area (Å²) < 4.78 is 1.06. The summed E-state index contributed by atoms with van der Waals surface area (Å²) in [5, 5.41) is 1.15. The van der Waals surface area contributed by atoms with E-state index in [1.807, 2.05) is 37.3 Å². The predicted octanol–water partition coefficient (Wildman–Crippen LogP) is 3.88. The zero-order valence-corrected chi connectivity index (χ0v) is 13.5. The first-order valence-corrected chi connectivity index (χ1v) is 6.72. The van der Waals surface area contributed by atoms with Gasteiger partial charge in [-0.2, -0.15) is 0 Å². The second kappa shape index (κ2) is 5.81. The minimum absolute atomic E-state index is 0. The fourth-order valence-corrected chi connectivity index (χ4v) is 2.38. The molecule has 4 nitrogen and oxygen atoms in total. The molecule has 2 aromatic heterocycles. The van der Waals surface area contributed by atoms with Crippen molar-refractivity contribution in [1.82, 2.24) is 15.0 Å². The number of anilines is 1. The molecule has 0 amide bonds. The lowest BCUT2D eigenvalue weighted by Crippen LogP contribution is -2.12. The zero-order valence-electron chi connectivity index (χ0n) is 11.1. The van der Waals surface area contributed by atoms with Crippen molar-refractivity contribution >= 4 is 45.2 Å². The van der Waals surface area contributed by atoms with Crippen LogP contribution in [0.1, 0.15) is 0 Å². The quantitative estimate of drug-likeness (QED) is 0.760. The standard InChI is InChI=1S/C14H13BrN4.ClH/c1-19(2)14-16-6-5-13(18-14)11-8-17-12-4-3-9(15)7-10(11)12;/h3-8,17H,1-2H3;1H. The first kappa shape index (κ1) is 14.8. The Balaban J connectivity index is 0.00000147. The molecule has 0 aliphatic rings. The number of H-pyrrole nitrogens is 1. The highest BCUT2D eigenvalue weighted by Crippen LogP contribution is 2.29. The molecule has 0 saturated heterocycles. The van der Waals surface area contributed by atoms with Crippen molar-refractivity contribution in [3.05, 3.63) is 41.1 Å². The summed E-state index contributed by atoms with van der Waals surface area (Å²) in [5.41, 5.74) is 3.10. The molecule has 0 radical (unpaired) electrons. The summed E-state index contributed by atoms with van der Waals surface area (Å²) in [5.74, 6) is 0.710. The number of halogens is 2. The van der Waals surface area contributed by atoms with Crippen LogP contribution in [0.3, 0.4) is 0 Å². The molecule has 0 spiro atoms. The number of fused-ring (bicyclic) bond motifs is 1. The lowest BCUT2D eigenvalue weighted by atomic mass is 10.1. The number of aromatic nitrogens is 3. The van der Waals surface area contributed by atoms with Crippen LogP contribution in [0.4, 0.5) is 5.95 Å². The van der Waals surface area contributed by atoms with Crippen LogP contribution in [0.5, 0.6) is 0 Å². The van der Waals surface area contributed by atoms with Gasteiger partial charge in [0.2, 0.25) is 5.95 Å². The van der Waals surface area contributed by atoms with Gasteiger partial charge < -0.3 is 9.88 Å². The average molecular weight is 354 g/mol. The predicted molar refractivity (Wildman–Crippen MR) is 88.6 cm³/mol. The molecule has 104 valence electrons. The van der Waals surface area contributed by atoms with E-state index in [0.29, 0.717) is 5.95 Å². The molecule has 1 N–H and O–H groups in total. The topological polar surface area (TPSA) is 44.8 Å². The Morgan fingerprint density at radius 3 is 2.75 bits per heavy atom. The van der Waals surface area contributed by atoms with E-state index in [2.05, 4.69) is 43.0 Å². The molecule has 6 heteroatoms. The third-order valence-electron chi connectivity index (χ3n) is 2.96. The summed E-state index contributed by atoms with van der Waals surface area (Å²) in [6.45, 7) is 0. The molecule has 1 aromatic carbocycles. The van der Waals surface area contributed by atoms with Crippen LogP contribution in [-0.2, 0) is 0 Å². The van der Waals surface area contributed by atoms with Crippen LogP contribution in [0.15, 0.2) is 41.1 Å². The molecular formula is C14H14BrClN4. The van der Waals surface area contributed by atoms with Crippen molar-refractivity contribution < 1.29 is 0 Å². The van der Waals surface area contributed by atoms with E-state index in [1.165, 1.54) is 0 Å². The monoisotopic (exact) mass is 352 g/mol. The van der Waals surface area contributed by atoms with Gasteiger partial charge in [0.05, 0.1) is 5.69 Å². The number of nitrogens with one attached hydrogen (secondary N) is 1. The van der Waals surface area contributed by atoms with Crippen LogP contribution in [0.2, 0.25) is 0 Å². The van der Waals surface area contributed by atoms with Gasteiger partial charge in [-0.3, -0.25) is 0 Å². The molecule has 0 unspecified atom stereocenters. The first-order valence-electron chi connectivity index (χ1n) is 5.92. The lowest BCUT2D eigenvalue weighted by molar-refractivity contribution is 1.00. The first-order chi connectivity index (χ1) is 9.15. The summed E-state index contributed by atoms with van der Waals surface area (Å²) in [7, 11) is 3.87. The molecule has 3 aromatic rings. The van der Waals surface area contributed by atoms with Crippen molar-refractivity contribution in [1.29, 1.82) is 0 Å². The molecule has 2 heterocycles. The van der Waals surface area contributed by atoms with E-state index in [-0.39, 0.29) is 12.4 Å². The maximum Gasteiger partial charge on any atom is 0.225 e. The lowest BCUT2D eigenvalue weighted by Gasteiger charge is -2.10. The SMILES string of the molecule is CN(C)c1nccc(-c2c[nH]c3ccc(Br)cc23)n1.Cl. The van der Waals surface area contributed by atoms with Gasteiger partial charge in [0, 0.05) is 47.4 Å². The third-order valence-corrected chi connectivity index (χ3v) is 3.46. The highest BCUT2D eigenvalue weighted by molar-refractivity contribution is 9.10. The Hall–Kier alpha value is -1.59. The van der Waals surface area contributed by atoms with Crippen molar-refractivity contribution in [2.45, 2.75) is 0 Å². The maximum absolute atomic E-state index is 4.57. The smallest absolute Gasteiger partial charge is 0.225 e. The summed E-state index contributed by atoms with van der Waals surface area (Å²) in [4.78, 5) is 14.0. The molecule has 0 fully saturated rings. The van der Waals surface area contributed by atoms with Crippen molar-refractivity contribution in [3.8, 4) is 11.3 Å². The summed E-state index contributed by atoms with van der Waals surface area (Å²) in [6, 6.07) is 8.10. The Morgan fingerprint density at radius 1 is 1.20 bits per heavy atom. The fourth-order valence-electron chi connectivity index (χ4n) is 2.02. The zero-order chi connectivity index (χ0) is 13.4. The average Bonchev–Trinajstić information content (AvgIpc) is 2.81. The van der Waals surface area contributed by atoms with Gasteiger partial charge in [-0.25, -0.2) is 9.97 Å². The largest absolute Gasteiger partial charge is 0.360 e. The van der Waals surface area contributed by atoms with Gasteiger partial charge in [0.25, 0.3) is 0 Å². The van der Waals surface area contributed by atoms with Crippen LogP contribution >= 0.6 is 28.3 Å². The minimum Gasteiger partial charge on any atom is -0.360 e. The van der Waals surface area contributed by atoms with Gasteiger partial charge in [-0.1, -0.05) is 15.9 Å². The molecule has 0 aliphatic carbocycles. The molecule has 0 aliphatic heterocycles. The highest BCUT2D eigenvalue weighted by Gasteiger charge is 2.09. The van der Waals surface area contributed by atoms with Gasteiger partial charge >= 0.3 is 0 Å². The molecule has 0 bridgehead atoms. The van der Waals surface area contributed by atoms with E-state index >= 15 is 0 Å². The number of hydrogen-bond donors (Lipinski definition) is 1. The second-order valence-electron chi connectivity index (χ2n) is 4.53. The van der Waals surface area contributed by atoms with Gasteiger partial charge in [-0.15, -0.1) is 12.4 Å². The fraction of sp³-hybridized carbons (Fsp3) is 0.143. The van der Waals surface area contributed by atoms with Crippen LogP contribution in [-0.4, -0.2) is 29.0 Å². The number of aromatic amines is 1. The molecular weight excluding hydrogens is 340 g/mol. The second-order valence-corrected chi connectivity index (χ2v) is 5.44. The van der Waals surface area contributed by atoms with Crippen LogP contribution in [0, 0.1) is 0 Å². The number of benzene rings is 1. The van der Waals surface area contributed by atoms with Gasteiger partial charge in [0.1, 0.15) is 0 Å². The summed E-state index contributed by atoms with van der Waals surface area (Å²) >= 11 is 3.51. The van der Waals surface area contributed by atoms with Crippen LogP contribution in [0.25, 0.3) is 22.2 Å². The maximum atomic E-state index is 4.57. The van der Waals surface area contributed by atoms with E-state index in [9.17, 15) is 0 Å². The number of rotatable bonds is 2. The number of nitrogens with zero attached hydrogens (tertiary/aromatic N) is 3. The summed E-state index contributed by atoms with van der Waals surface area (Å²) in [6.07, 6.45) is 3.77.